The van der Waals surface area contributed by atoms with Crippen LogP contribution in [0.15, 0.2) is 159 Å². The fourth-order valence-electron chi connectivity index (χ4n) is 5.96. The van der Waals surface area contributed by atoms with Crippen molar-refractivity contribution >= 4 is 0 Å². The van der Waals surface area contributed by atoms with Crippen LogP contribution in [0.25, 0.3) is 0 Å². The molecule has 0 saturated heterocycles. The van der Waals surface area contributed by atoms with Gasteiger partial charge in [0.2, 0.25) is 0 Å². The van der Waals surface area contributed by atoms with Gasteiger partial charge in [0, 0.05) is 5.56 Å². The lowest BCUT2D eigenvalue weighted by Gasteiger charge is -2.36. The van der Waals surface area contributed by atoms with Crippen LogP contribution in [0.2, 0.25) is 0 Å². The number of nitrogens with zero attached hydrogens (tertiary/aromatic N) is 6. The number of rotatable bonds is 8. The van der Waals surface area contributed by atoms with E-state index in [1.165, 1.54) is 78.5 Å². The molecular formula is C38H29F5N6O. The quantitative estimate of drug-likeness (QED) is 0.132. The summed E-state index contributed by atoms with van der Waals surface area (Å²) in [6.45, 7) is -0.0421. The SMILES string of the molecule is FC(F)(F)c1cccc(C(c2ccccc2)(c2ccccc2)n2cncn2)c1.OC(Cn1cncn1)(c1ccc(F)cc1)c1ccccc1F. The number of alkyl halides is 3. The molecule has 0 bridgehead atoms. The van der Waals surface area contributed by atoms with Crippen LogP contribution in [0, 0.1) is 11.6 Å². The van der Waals surface area contributed by atoms with Gasteiger partial charge in [-0.05, 0) is 52.6 Å². The van der Waals surface area contributed by atoms with Crippen molar-refractivity contribution in [3.8, 4) is 0 Å². The van der Waals surface area contributed by atoms with Crippen molar-refractivity contribution < 1.29 is 27.1 Å². The minimum absolute atomic E-state index is 0.0421. The fraction of sp³-hybridized carbons (Fsp3) is 0.105. The molecule has 7 rings (SSSR count). The Bertz CT molecular complexity index is 2070. The molecule has 0 aliphatic rings. The highest BCUT2D eigenvalue weighted by atomic mass is 19.4. The van der Waals surface area contributed by atoms with Gasteiger partial charge in [0.15, 0.2) is 0 Å². The lowest BCUT2D eigenvalue weighted by atomic mass is 9.76. The number of benzene rings is 5. The summed E-state index contributed by atoms with van der Waals surface area (Å²) in [5.74, 6) is -0.977. The Balaban J connectivity index is 0.000000178. The Morgan fingerprint density at radius 1 is 0.560 bits per heavy atom. The smallest absolute Gasteiger partial charge is 0.378 e. The van der Waals surface area contributed by atoms with Gasteiger partial charge < -0.3 is 5.11 Å². The van der Waals surface area contributed by atoms with Gasteiger partial charge in [0.05, 0.1) is 12.1 Å². The molecule has 0 saturated carbocycles. The van der Waals surface area contributed by atoms with Crippen LogP contribution < -0.4 is 0 Å². The second-order valence-corrected chi connectivity index (χ2v) is 11.3. The molecule has 7 nitrogen and oxygen atoms in total. The lowest BCUT2D eigenvalue weighted by Crippen LogP contribution is -2.38. The van der Waals surface area contributed by atoms with Crippen molar-refractivity contribution in [2.24, 2.45) is 0 Å². The molecule has 0 spiro atoms. The lowest BCUT2D eigenvalue weighted by molar-refractivity contribution is -0.137. The van der Waals surface area contributed by atoms with E-state index in [2.05, 4.69) is 20.2 Å². The molecule has 2 heterocycles. The van der Waals surface area contributed by atoms with Gasteiger partial charge in [0.25, 0.3) is 0 Å². The van der Waals surface area contributed by atoms with E-state index in [4.69, 9.17) is 0 Å². The minimum Gasteiger partial charge on any atom is -0.378 e. The molecule has 1 N–H and O–H groups in total. The van der Waals surface area contributed by atoms with Gasteiger partial charge in [-0.15, -0.1) is 0 Å². The van der Waals surface area contributed by atoms with Crippen molar-refractivity contribution in [1.82, 2.24) is 29.5 Å². The molecule has 0 amide bonds. The van der Waals surface area contributed by atoms with Crippen molar-refractivity contribution in [2.45, 2.75) is 23.9 Å². The summed E-state index contributed by atoms with van der Waals surface area (Å²) in [6.07, 6.45) is 1.22. The second-order valence-electron chi connectivity index (χ2n) is 11.3. The summed E-state index contributed by atoms with van der Waals surface area (Å²) in [5, 5.41) is 19.4. The van der Waals surface area contributed by atoms with Crippen molar-refractivity contribution in [1.29, 1.82) is 0 Å². The first-order valence-corrected chi connectivity index (χ1v) is 15.3. The van der Waals surface area contributed by atoms with Crippen LogP contribution in [-0.2, 0) is 23.9 Å². The Morgan fingerprint density at radius 2 is 1.12 bits per heavy atom. The molecule has 1 unspecified atom stereocenters. The number of halogens is 5. The second kappa shape index (κ2) is 14.2. The fourth-order valence-corrected chi connectivity index (χ4v) is 5.96. The number of hydrogen-bond donors (Lipinski definition) is 1. The van der Waals surface area contributed by atoms with Gasteiger partial charge in [-0.25, -0.2) is 28.1 Å². The van der Waals surface area contributed by atoms with Gasteiger partial charge in [-0.2, -0.15) is 23.4 Å². The zero-order valence-electron chi connectivity index (χ0n) is 26.2. The molecule has 7 aromatic rings. The van der Waals surface area contributed by atoms with E-state index in [1.807, 2.05) is 60.7 Å². The van der Waals surface area contributed by atoms with E-state index in [9.17, 15) is 27.1 Å². The topological polar surface area (TPSA) is 81.6 Å². The van der Waals surface area contributed by atoms with Gasteiger partial charge in [-0.1, -0.05) is 103 Å². The van der Waals surface area contributed by atoms with Gasteiger partial charge in [-0.3, -0.25) is 0 Å². The highest BCUT2D eigenvalue weighted by Gasteiger charge is 2.41. The first-order chi connectivity index (χ1) is 24.1. The molecular weight excluding hydrogens is 651 g/mol. The molecule has 0 aliphatic carbocycles. The predicted molar refractivity (Wildman–Crippen MR) is 175 cm³/mol. The standard InChI is InChI=1S/C22H16F3N3.C16H13F2N3O/c23-22(24,25)20-13-7-12-19(14-20)21(28-16-26-15-27-28,17-8-3-1-4-9-17)18-10-5-2-6-11-18;17-13-7-5-12(6-8-13)16(22,9-21-11-19-10-20-21)14-3-1-2-4-15(14)18/h1-16H;1-8,10-11,22H,9H2. The normalized spacial score (nSPS) is 12.8. The van der Waals surface area contributed by atoms with E-state index in [-0.39, 0.29) is 12.1 Å². The monoisotopic (exact) mass is 680 g/mol. The average Bonchev–Trinajstić information content (AvgIpc) is 3.86. The van der Waals surface area contributed by atoms with Gasteiger partial charge in [0.1, 0.15) is 48.1 Å². The Hall–Kier alpha value is -6.01. The van der Waals surface area contributed by atoms with E-state index >= 15 is 0 Å². The maximum atomic E-state index is 14.2. The third kappa shape index (κ3) is 6.78. The maximum Gasteiger partial charge on any atom is 0.416 e. The zero-order valence-corrected chi connectivity index (χ0v) is 26.2. The minimum atomic E-state index is -4.45. The third-order valence-electron chi connectivity index (χ3n) is 8.25. The van der Waals surface area contributed by atoms with Crippen molar-refractivity contribution in [2.75, 3.05) is 0 Å². The third-order valence-corrected chi connectivity index (χ3v) is 8.25. The highest BCUT2D eigenvalue weighted by Crippen LogP contribution is 2.42. The summed E-state index contributed by atoms with van der Waals surface area (Å²) in [5.41, 5.74) is -1.01. The molecule has 0 fully saturated rings. The van der Waals surface area contributed by atoms with Crippen molar-refractivity contribution in [3.63, 3.8) is 0 Å². The molecule has 252 valence electrons. The number of hydrogen-bond acceptors (Lipinski definition) is 5. The van der Waals surface area contributed by atoms with Crippen LogP contribution in [-0.4, -0.2) is 34.6 Å². The molecule has 12 heteroatoms. The Kier molecular flexibility index (Phi) is 9.64. The first-order valence-electron chi connectivity index (χ1n) is 15.3. The largest absolute Gasteiger partial charge is 0.416 e. The predicted octanol–water partition coefficient (Wildman–Crippen LogP) is 7.63. The highest BCUT2D eigenvalue weighted by molar-refractivity contribution is 5.51. The summed E-state index contributed by atoms with van der Waals surface area (Å²) in [7, 11) is 0. The average molecular weight is 681 g/mol. The zero-order chi connectivity index (χ0) is 35.2. The van der Waals surface area contributed by atoms with E-state index in [1.54, 1.807) is 22.9 Å². The van der Waals surface area contributed by atoms with E-state index in [0.29, 0.717) is 11.1 Å². The van der Waals surface area contributed by atoms with E-state index in [0.717, 1.165) is 17.2 Å². The number of aromatic nitrogens is 6. The summed E-state index contributed by atoms with van der Waals surface area (Å²) in [6, 6.07) is 35.3. The summed E-state index contributed by atoms with van der Waals surface area (Å²) < 4.78 is 70.8. The van der Waals surface area contributed by atoms with Crippen LogP contribution in [0.3, 0.4) is 0 Å². The van der Waals surface area contributed by atoms with Crippen LogP contribution >= 0.6 is 0 Å². The van der Waals surface area contributed by atoms with Gasteiger partial charge >= 0.3 is 6.18 Å². The molecule has 2 aromatic heterocycles. The molecule has 5 aromatic carbocycles. The molecule has 0 aliphatic heterocycles. The number of aliphatic hydroxyl groups is 1. The van der Waals surface area contributed by atoms with E-state index < -0.39 is 34.5 Å². The van der Waals surface area contributed by atoms with Crippen LogP contribution in [0.5, 0.6) is 0 Å². The van der Waals surface area contributed by atoms with Crippen molar-refractivity contribution in [3.05, 3.63) is 204 Å². The first kappa shape index (κ1) is 33.9. The Morgan fingerprint density at radius 3 is 1.68 bits per heavy atom. The molecule has 1 atom stereocenters. The molecule has 0 radical (unpaired) electrons. The summed E-state index contributed by atoms with van der Waals surface area (Å²) >= 11 is 0. The summed E-state index contributed by atoms with van der Waals surface area (Å²) in [4.78, 5) is 7.88. The van der Waals surface area contributed by atoms with Crippen LogP contribution in [0.1, 0.15) is 33.4 Å². The maximum absolute atomic E-state index is 14.2. The Labute approximate surface area is 284 Å². The van der Waals surface area contributed by atoms with Crippen LogP contribution in [0.4, 0.5) is 22.0 Å². The molecule has 50 heavy (non-hydrogen) atoms.